The molecular formula is C28H44N4O4S. The van der Waals surface area contributed by atoms with Crippen molar-refractivity contribution in [1.29, 1.82) is 0 Å². The van der Waals surface area contributed by atoms with Crippen LogP contribution in [-0.2, 0) is 16.4 Å². The summed E-state index contributed by atoms with van der Waals surface area (Å²) in [6.07, 6.45) is 3.14. The van der Waals surface area contributed by atoms with Crippen molar-refractivity contribution >= 4 is 15.5 Å². The van der Waals surface area contributed by atoms with Crippen molar-refractivity contribution in [3.05, 3.63) is 56.5 Å². The minimum Gasteiger partial charge on any atom is -0.374 e. The number of sulfone groups is 1. The summed E-state index contributed by atoms with van der Waals surface area (Å²) < 4.78 is 25.9. The minimum absolute atomic E-state index is 0.0174. The molecule has 3 N–H and O–H groups in total. The highest BCUT2D eigenvalue weighted by molar-refractivity contribution is 7.91. The number of hydrogen-bond donors (Lipinski definition) is 3. The highest BCUT2D eigenvalue weighted by Crippen LogP contribution is 2.35. The Morgan fingerprint density at radius 2 is 1.68 bits per heavy atom. The van der Waals surface area contributed by atoms with Gasteiger partial charge in [-0.1, -0.05) is 6.92 Å². The average Bonchev–Trinajstić information content (AvgIpc) is 2.84. The highest BCUT2D eigenvalue weighted by atomic mass is 32.2. The summed E-state index contributed by atoms with van der Waals surface area (Å²) >= 11 is 0. The Morgan fingerprint density at radius 3 is 2.22 bits per heavy atom. The molecule has 1 aliphatic rings. The second kappa shape index (κ2) is 12.1. The van der Waals surface area contributed by atoms with Crippen LogP contribution in [0.5, 0.6) is 0 Å². The fourth-order valence-corrected chi connectivity index (χ4v) is 6.48. The second-order valence-corrected chi connectivity index (χ2v) is 12.8. The molecule has 1 fully saturated rings. The lowest BCUT2D eigenvalue weighted by atomic mass is 9.88. The minimum atomic E-state index is -3.50. The van der Waals surface area contributed by atoms with E-state index in [-0.39, 0.29) is 22.8 Å². The number of H-pyrrole nitrogens is 1. The molecule has 8 nitrogen and oxygen atoms in total. The Hall–Kier alpha value is -2.20. The molecule has 3 rings (SSSR count). The number of aromatic amines is 1. The van der Waals surface area contributed by atoms with Crippen molar-refractivity contribution in [1.82, 2.24) is 15.2 Å². The third kappa shape index (κ3) is 6.63. The van der Waals surface area contributed by atoms with Gasteiger partial charge in [0.1, 0.15) is 6.23 Å². The third-order valence-corrected chi connectivity index (χ3v) is 9.60. The zero-order valence-corrected chi connectivity index (χ0v) is 24.2. The lowest BCUT2D eigenvalue weighted by molar-refractivity contribution is 0.136. The highest BCUT2D eigenvalue weighted by Gasteiger charge is 2.29. The van der Waals surface area contributed by atoms with Crippen molar-refractivity contribution in [2.75, 3.05) is 31.3 Å². The molecule has 1 aromatic carbocycles. The van der Waals surface area contributed by atoms with Crippen molar-refractivity contribution < 1.29 is 13.5 Å². The smallest absolute Gasteiger partial charge is 0.252 e. The van der Waals surface area contributed by atoms with Crippen molar-refractivity contribution in [2.45, 2.75) is 90.1 Å². The molecule has 206 valence electrons. The molecular weight excluding hydrogens is 488 g/mol. The van der Waals surface area contributed by atoms with E-state index in [1.807, 2.05) is 26.8 Å². The van der Waals surface area contributed by atoms with E-state index in [0.29, 0.717) is 23.2 Å². The van der Waals surface area contributed by atoms with Crippen molar-refractivity contribution in [2.24, 2.45) is 0 Å². The molecule has 1 aliphatic carbocycles. The summed E-state index contributed by atoms with van der Waals surface area (Å²) in [6.45, 7) is 10.3. The molecule has 0 saturated heterocycles. The largest absolute Gasteiger partial charge is 0.374 e. The molecule has 0 spiro atoms. The van der Waals surface area contributed by atoms with Gasteiger partial charge < -0.3 is 19.9 Å². The first-order valence-electron chi connectivity index (χ1n) is 13.3. The quantitative estimate of drug-likeness (QED) is 0.402. The van der Waals surface area contributed by atoms with Gasteiger partial charge in [-0.25, -0.2) is 8.42 Å². The van der Waals surface area contributed by atoms with Crippen LogP contribution in [0, 0.1) is 20.8 Å². The SMILES string of the molecule is CCN(c1cc(S(=O)(=O)CC)cc(C(O)NCc2c(C)cc(C)[nH]c2=O)c1C)C1CCC(N(C)C)CC1. The molecule has 37 heavy (non-hydrogen) atoms. The van der Waals surface area contributed by atoms with E-state index < -0.39 is 16.1 Å². The Morgan fingerprint density at radius 1 is 1.05 bits per heavy atom. The summed E-state index contributed by atoms with van der Waals surface area (Å²) in [7, 11) is 0.748. The first-order valence-corrected chi connectivity index (χ1v) is 15.0. The summed E-state index contributed by atoms with van der Waals surface area (Å²) in [4.78, 5) is 20.1. The maximum absolute atomic E-state index is 13.0. The first-order chi connectivity index (χ1) is 17.4. The molecule has 0 amide bonds. The van der Waals surface area contributed by atoms with E-state index in [9.17, 15) is 18.3 Å². The molecule has 0 aliphatic heterocycles. The Bertz CT molecular complexity index is 1250. The van der Waals surface area contributed by atoms with Gasteiger partial charge in [-0.05, 0) is 96.8 Å². The van der Waals surface area contributed by atoms with Crippen molar-refractivity contribution in [3.63, 3.8) is 0 Å². The van der Waals surface area contributed by atoms with Crippen LogP contribution >= 0.6 is 0 Å². The van der Waals surface area contributed by atoms with E-state index in [4.69, 9.17) is 0 Å². The number of anilines is 1. The third-order valence-electron chi connectivity index (χ3n) is 7.88. The number of aliphatic hydroxyl groups is 1. The molecule has 1 unspecified atom stereocenters. The van der Waals surface area contributed by atoms with Gasteiger partial charge >= 0.3 is 0 Å². The van der Waals surface area contributed by atoms with Gasteiger partial charge in [-0.3, -0.25) is 10.1 Å². The number of benzene rings is 1. The molecule has 1 atom stereocenters. The van der Waals surface area contributed by atoms with Crippen LogP contribution in [0.3, 0.4) is 0 Å². The molecule has 2 aromatic rings. The number of rotatable bonds is 10. The van der Waals surface area contributed by atoms with Crippen LogP contribution in [0.25, 0.3) is 0 Å². The number of nitrogens with zero attached hydrogens (tertiary/aromatic N) is 2. The normalized spacial score (nSPS) is 19.3. The standard InChI is InChI=1S/C28H44N4O4S/c1-8-32(22-12-10-21(11-13-22)31(6)7)26-16-23(37(35,36)9-2)15-24(20(26)5)27(33)29-17-25-18(3)14-19(4)30-28(25)34/h14-16,21-22,27,29,33H,8-13,17H2,1-7H3,(H,30,34). The predicted octanol–water partition coefficient (Wildman–Crippen LogP) is 3.57. The maximum Gasteiger partial charge on any atom is 0.252 e. The lowest BCUT2D eigenvalue weighted by Crippen LogP contribution is -2.42. The van der Waals surface area contributed by atoms with Gasteiger partial charge in [-0.2, -0.15) is 0 Å². The van der Waals surface area contributed by atoms with E-state index in [1.54, 1.807) is 19.1 Å². The number of aromatic nitrogens is 1. The summed E-state index contributed by atoms with van der Waals surface area (Å²) in [5, 5.41) is 14.3. The van der Waals surface area contributed by atoms with E-state index in [0.717, 1.165) is 54.7 Å². The van der Waals surface area contributed by atoms with Gasteiger partial charge in [0, 0.05) is 47.7 Å². The number of aryl methyl sites for hydroxylation is 2. The maximum atomic E-state index is 13.0. The topological polar surface area (TPSA) is 106 Å². The molecule has 1 saturated carbocycles. The van der Waals surface area contributed by atoms with Crippen LogP contribution in [0.15, 0.2) is 27.9 Å². The Labute approximate surface area is 222 Å². The van der Waals surface area contributed by atoms with Gasteiger partial charge in [0.2, 0.25) is 0 Å². The second-order valence-electron chi connectivity index (χ2n) is 10.5. The zero-order chi connectivity index (χ0) is 27.5. The fourth-order valence-electron chi connectivity index (χ4n) is 5.54. The van der Waals surface area contributed by atoms with E-state index in [1.165, 1.54) is 0 Å². The molecule has 1 heterocycles. The van der Waals surface area contributed by atoms with Gasteiger partial charge in [0.25, 0.3) is 5.56 Å². The van der Waals surface area contributed by atoms with Crippen LogP contribution in [-0.4, -0.2) is 61.9 Å². The van der Waals surface area contributed by atoms with Crippen LogP contribution in [0.2, 0.25) is 0 Å². The van der Waals surface area contributed by atoms with Crippen molar-refractivity contribution in [3.8, 4) is 0 Å². The molecule has 0 bridgehead atoms. The predicted molar refractivity (Wildman–Crippen MR) is 150 cm³/mol. The summed E-state index contributed by atoms with van der Waals surface area (Å²) in [5.74, 6) is -0.0174. The number of nitrogens with one attached hydrogen (secondary N) is 2. The molecule has 0 radical (unpaired) electrons. The van der Waals surface area contributed by atoms with Crippen LogP contribution in [0.1, 0.15) is 73.7 Å². The Kier molecular flexibility index (Phi) is 9.61. The van der Waals surface area contributed by atoms with E-state index in [2.05, 4.69) is 41.1 Å². The van der Waals surface area contributed by atoms with E-state index >= 15 is 0 Å². The number of pyridine rings is 1. The first kappa shape index (κ1) is 29.4. The molecule has 9 heteroatoms. The number of aliphatic hydroxyl groups excluding tert-OH is 1. The molecule has 1 aromatic heterocycles. The van der Waals surface area contributed by atoms with Crippen LogP contribution in [0.4, 0.5) is 5.69 Å². The van der Waals surface area contributed by atoms with Gasteiger partial charge in [0.15, 0.2) is 9.84 Å². The lowest BCUT2D eigenvalue weighted by Gasteiger charge is -2.40. The monoisotopic (exact) mass is 532 g/mol. The average molecular weight is 533 g/mol. The van der Waals surface area contributed by atoms with Crippen LogP contribution < -0.4 is 15.8 Å². The zero-order valence-electron chi connectivity index (χ0n) is 23.4. The Balaban J connectivity index is 1.97. The summed E-state index contributed by atoms with van der Waals surface area (Å²) in [5.41, 5.74) is 4.20. The fraction of sp³-hybridized carbons (Fsp3) is 0.607. The summed E-state index contributed by atoms with van der Waals surface area (Å²) in [6, 6.07) is 6.13. The van der Waals surface area contributed by atoms with Gasteiger partial charge in [-0.15, -0.1) is 0 Å². The number of hydrogen-bond acceptors (Lipinski definition) is 7. The van der Waals surface area contributed by atoms with Gasteiger partial charge in [0.05, 0.1) is 10.6 Å².